The number of halogens is 4. The molecule has 5 rings (SSSR count). The number of aromatic nitrogens is 5. The molecule has 0 bridgehead atoms. The smallest absolute Gasteiger partial charge is 0.318 e. The zero-order valence-electron chi connectivity index (χ0n) is 22.9. The van der Waals surface area contributed by atoms with E-state index in [0.717, 1.165) is 9.58 Å². The van der Waals surface area contributed by atoms with E-state index in [0.29, 0.717) is 11.3 Å². The summed E-state index contributed by atoms with van der Waals surface area (Å²) in [6.45, 7) is -1.65. The summed E-state index contributed by atoms with van der Waals surface area (Å²) in [4.78, 5) is 31.2. The topological polar surface area (TPSA) is 109 Å². The standard InChI is InChI=1S/C24H23B5F4N8O2/c25-23(26,27)24(28,29)41-16(3-6-35-41)19(42)38-18(14-1-4-21(30,31)5-2-14)15-10-40-17(37-15)7-13(8-36-40)9-39-12-22(32,33)11-34-20(39)43/h3,6-8,10,14,18H,1-2,4-5,9,11-12H2,(H,34,43)(H,38,42)/t18-/m0/s1. The van der Waals surface area contributed by atoms with Crippen molar-refractivity contribution in [3.05, 3.63) is 47.7 Å². The Morgan fingerprint density at radius 2 is 1.81 bits per heavy atom. The quantitative estimate of drug-likeness (QED) is 0.302. The van der Waals surface area contributed by atoms with E-state index in [1.807, 2.05) is 0 Å². The maximum Gasteiger partial charge on any atom is 0.318 e. The number of carbonyl (C=O) groups excluding carboxylic acids is 2. The van der Waals surface area contributed by atoms with E-state index < -0.39 is 59.3 Å². The third-order valence-electron chi connectivity index (χ3n) is 7.73. The third-order valence-corrected chi connectivity index (χ3v) is 7.73. The summed E-state index contributed by atoms with van der Waals surface area (Å²) in [5.74, 6) is -7.09. The Bertz CT molecular complexity index is 1520. The van der Waals surface area contributed by atoms with E-state index in [2.05, 4.69) is 25.8 Å². The fourth-order valence-electron chi connectivity index (χ4n) is 5.24. The van der Waals surface area contributed by atoms with Crippen LogP contribution in [0, 0.1) is 5.92 Å². The molecule has 1 aliphatic carbocycles. The minimum atomic E-state index is -3.09. The maximum absolute atomic E-state index is 14.0. The van der Waals surface area contributed by atoms with E-state index in [1.54, 1.807) is 6.07 Å². The van der Waals surface area contributed by atoms with Gasteiger partial charge < -0.3 is 15.5 Å². The van der Waals surface area contributed by atoms with E-state index in [4.69, 9.17) is 39.2 Å². The van der Waals surface area contributed by atoms with Gasteiger partial charge in [-0.25, -0.2) is 31.9 Å². The Morgan fingerprint density at radius 3 is 2.49 bits per heavy atom. The number of hydrogen-bond acceptors (Lipinski definition) is 5. The van der Waals surface area contributed by atoms with Gasteiger partial charge >= 0.3 is 6.03 Å². The van der Waals surface area contributed by atoms with Crippen LogP contribution in [0.4, 0.5) is 22.4 Å². The number of alkyl halides is 4. The van der Waals surface area contributed by atoms with Crippen LogP contribution in [0.1, 0.15) is 53.5 Å². The zero-order chi connectivity index (χ0) is 31.4. The van der Waals surface area contributed by atoms with Gasteiger partial charge in [-0.2, -0.15) is 10.2 Å². The monoisotopic (exact) mass is 586 g/mol. The first-order valence-electron chi connectivity index (χ1n) is 13.4. The molecule has 0 aromatic carbocycles. The number of carbonyl (C=O) groups is 2. The van der Waals surface area contributed by atoms with E-state index in [9.17, 15) is 27.2 Å². The van der Waals surface area contributed by atoms with Crippen LogP contribution in [0.15, 0.2) is 30.7 Å². The van der Waals surface area contributed by atoms with Gasteiger partial charge in [0.05, 0.1) is 76.5 Å². The molecule has 1 saturated carbocycles. The number of rotatable bonds is 8. The number of nitrogens with zero attached hydrogens (tertiary/aromatic N) is 6. The zero-order valence-corrected chi connectivity index (χ0v) is 22.9. The summed E-state index contributed by atoms with van der Waals surface area (Å²) in [5, 5.41) is 8.83. The van der Waals surface area contributed by atoms with Gasteiger partial charge in [0.15, 0.2) is 5.65 Å². The lowest BCUT2D eigenvalue weighted by molar-refractivity contribution is -0.0495. The lowest BCUT2D eigenvalue weighted by atomic mass is 9.26. The molecule has 4 heterocycles. The molecule has 2 fully saturated rings. The molecular weight excluding hydrogens is 562 g/mol. The molecule has 3 amide bonds. The molecule has 2 aliphatic rings. The van der Waals surface area contributed by atoms with Crippen molar-refractivity contribution < 1.29 is 27.2 Å². The molecule has 10 radical (unpaired) electrons. The highest BCUT2D eigenvalue weighted by Gasteiger charge is 2.41. The van der Waals surface area contributed by atoms with Crippen molar-refractivity contribution in [1.82, 2.24) is 39.9 Å². The van der Waals surface area contributed by atoms with Gasteiger partial charge in [-0.1, -0.05) is 0 Å². The van der Waals surface area contributed by atoms with Crippen molar-refractivity contribution in [3.8, 4) is 0 Å². The number of hydrogen-bond donors (Lipinski definition) is 2. The average Bonchev–Trinajstić information content (AvgIpc) is 3.57. The molecule has 43 heavy (non-hydrogen) atoms. The van der Waals surface area contributed by atoms with E-state index in [-0.39, 0.29) is 43.6 Å². The predicted octanol–water partition coefficient (Wildman–Crippen LogP) is 0.909. The fraction of sp³-hybridized carbons (Fsp3) is 0.542. The van der Waals surface area contributed by atoms with Crippen molar-refractivity contribution >= 4 is 56.8 Å². The number of fused-ring (bicyclic) bond motifs is 1. The van der Waals surface area contributed by atoms with Crippen LogP contribution in [0.5, 0.6) is 0 Å². The number of imidazole rings is 1. The minimum absolute atomic E-state index is 0.0806. The lowest BCUT2D eigenvalue weighted by Crippen LogP contribution is -2.56. The number of amides is 3. The molecule has 1 atom stereocenters. The molecular formula is C24H23B5F4N8O2. The number of urea groups is 1. The molecule has 0 spiro atoms. The van der Waals surface area contributed by atoms with E-state index >= 15 is 0 Å². The Kier molecular flexibility index (Phi) is 7.91. The number of nitrogens with one attached hydrogen (secondary N) is 2. The first kappa shape index (κ1) is 31.1. The van der Waals surface area contributed by atoms with Crippen molar-refractivity contribution in [3.63, 3.8) is 0 Å². The molecule has 0 unspecified atom stereocenters. The van der Waals surface area contributed by atoms with Crippen LogP contribution in [0.2, 0.25) is 5.11 Å². The molecule has 10 nitrogen and oxygen atoms in total. The SMILES string of the molecule is [B]C([B])([B])C([B])([B])n1nccc1C(=O)N[C@H](c1cn2ncc(CN3CC(F)(F)CNC3=O)cc2n1)C1CCC(F)(F)CC1. The lowest BCUT2D eigenvalue weighted by Gasteiger charge is -2.43. The van der Waals surface area contributed by atoms with Crippen LogP contribution in [-0.4, -0.2) is 105 Å². The normalized spacial score (nSPS) is 20.1. The second kappa shape index (κ2) is 11.0. The fourth-order valence-corrected chi connectivity index (χ4v) is 5.24. The van der Waals surface area contributed by atoms with Crippen molar-refractivity contribution in [2.75, 3.05) is 13.1 Å². The van der Waals surface area contributed by atoms with Crippen LogP contribution in [0.3, 0.4) is 0 Å². The highest BCUT2D eigenvalue weighted by atomic mass is 19.3. The van der Waals surface area contributed by atoms with Gasteiger partial charge in [0.1, 0.15) is 5.69 Å². The van der Waals surface area contributed by atoms with Gasteiger partial charge in [-0.3, -0.25) is 9.48 Å². The first-order valence-corrected chi connectivity index (χ1v) is 13.4. The summed E-state index contributed by atoms with van der Waals surface area (Å²) in [5.41, 5.74) is 0.862. The maximum atomic E-state index is 14.0. The summed E-state index contributed by atoms with van der Waals surface area (Å²) in [7, 11) is 29.1. The van der Waals surface area contributed by atoms with Gasteiger partial charge in [0.25, 0.3) is 11.8 Å². The van der Waals surface area contributed by atoms with Crippen LogP contribution >= 0.6 is 0 Å². The summed E-state index contributed by atoms with van der Waals surface area (Å²) in [6.07, 6.45) is 3.55. The molecule has 19 heteroatoms. The Hall–Kier alpha value is -3.39. The van der Waals surface area contributed by atoms with Crippen molar-refractivity contribution in [1.29, 1.82) is 0 Å². The Morgan fingerprint density at radius 1 is 1.12 bits per heavy atom. The van der Waals surface area contributed by atoms with Crippen LogP contribution in [-0.2, 0) is 11.9 Å². The second-order valence-electron chi connectivity index (χ2n) is 11.2. The third kappa shape index (κ3) is 6.45. The predicted molar refractivity (Wildman–Crippen MR) is 151 cm³/mol. The molecule has 3 aromatic rings. The van der Waals surface area contributed by atoms with Crippen LogP contribution < -0.4 is 10.6 Å². The molecule has 3 aromatic heterocycles. The van der Waals surface area contributed by atoms with Gasteiger partial charge in [0.2, 0.25) is 5.92 Å². The van der Waals surface area contributed by atoms with Crippen molar-refractivity contribution in [2.45, 2.75) is 60.6 Å². The average molecular weight is 586 g/mol. The van der Waals surface area contributed by atoms with Crippen LogP contribution in [0.25, 0.3) is 5.65 Å². The summed E-state index contributed by atoms with van der Waals surface area (Å²) >= 11 is 0. The molecule has 1 saturated heterocycles. The molecule has 214 valence electrons. The highest BCUT2D eigenvalue weighted by Crippen LogP contribution is 2.41. The summed E-state index contributed by atoms with van der Waals surface area (Å²) in [6, 6.07) is 1.35. The van der Waals surface area contributed by atoms with Gasteiger partial charge in [-0.15, -0.1) is 5.11 Å². The second-order valence-corrected chi connectivity index (χ2v) is 11.2. The van der Waals surface area contributed by atoms with E-state index in [1.165, 1.54) is 29.2 Å². The van der Waals surface area contributed by atoms with Gasteiger partial charge in [0, 0.05) is 25.6 Å². The molecule has 2 N–H and O–H groups in total. The largest absolute Gasteiger partial charge is 0.342 e. The van der Waals surface area contributed by atoms with Crippen molar-refractivity contribution in [2.24, 2.45) is 5.92 Å². The Balaban J connectivity index is 1.44. The molecule has 1 aliphatic heterocycles. The Labute approximate surface area is 251 Å². The first-order chi connectivity index (χ1) is 20.0. The highest BCUT2D eigenvalue weighted by molar-refractivity contribution is 6.66. The summed E-state index contributed by atoms with van der Waals surface area (Å²) < 4.78 is 58.0. The minimum Gasteiger partial charge on any atom is -0.342 e. The van der Waals surface area contributed by atoms with Gasteiger partial charge in [-0.05, 0) is 41.8 Å².